The summed E-state index contributed by atoms with van der Waals surface area (Å²) in [5, 5.41) is 0.606. The number of carbonyl (C=O) groups excluding carboxylic acids is 1. The first-order valence-corrected chi connectivity index (χ1v) is 10.6. The summed E-state index contributed by atoms with van der Waals surface area (Å²) in [5.74, 6) is 1.35. The van der Waals surface area contributed by atoms with Gasteiger partial charge in [0.1, 0.15) is 19.0 Å². The number of nitrogens with zero attached hydrogens (tertiary/aromatic N) is 1. The van der Waals surface area contributed by atoms with Crippen LogP contribution in [0.15, 0.2) is 40.2 Å². The highest BCUT2D eigenvalue weighted by molar-refractivity contribution is 8.18. The Morgan fingerprint density at radius 1 is 1.10 bits per heavy atom. The topological polar surface area (TPSA) is 83.1 Å². The number of ether oxygens (including phenoxy) is 3. The van der Waals surface area contributed by atoms with E-state index in [1.807, 2.05) is 32.0 Å². The first kappa shape index (κ1) is 22.1. The molecule has 0 spiro atoms. The van der Waals surface area contributed by atoms with Crippen LogP contribution in [0.3, 0.4) is 0 Å². The van der Waals surface area contributed by atoms with Crippen molar-refractivity contribution < 1.29 is 19.0 Å². The molecule has 1 heterocycles. The van der Waals surface area contributed by atoms with Crippen LogP contribution in [0.25, 0.3) is 6.08 Å². The molecule has 0 saturated heterocycles. The molecule has 1 aliphatic heterocycles. The maximum atomic E-state index is 11.8. The normalized spacial score (nSPS) is 14.7. The molecular formula is C22H23ClN2O4S. The van der Waals surface area contributed by atoms with Crippen LogP contribution in [0.4, 0.5) is 0 Å². The van der Waals surface area contributed by atoms with E-state index in [9.17, 15) is 4.79 Å². The lowest BCUT2D eigenvalue weighted by Crippen LogP contribution is -2.10. The molecule has 158 valence electrons. The molecule has 2 aromatic rings. The molecule has 1 amide bonds. The predicted octanol–water partition coefficient (Wildman–Crippen LogP) is 4.74. The molecule has 0 fully saturated rings. The maximum Gasteiger partial charge on any atom is 0.286 e. The lowest BCUT2D eigenvalue weighted by molar-refractivity contribution is -0.113. The zero-order valence-corrected chi connectivity index (χ0v) is 18.6. The summed E-state index contributed by atoms with van der Waals surface area (Å²) < 4.78 is 17.3. The molecule has 2 N–H and O–H groups in total. The van der Waals surface area contributed by atoms with Crippen molar-refractivity contribution in [3.05, 3.63) is 56.9 Å². The number of aliphatic imine (C=N–C) groups is 1. The van der Waals surface area contributed by atoms with Gasteiger partial charge in [-0.05, 0) is 79.6 Å². The minimum atomic E-state index is -0.365. The predicted molar refractivity (Wildman–Crippen MR) is 122 cm³/mol. The molecular weight excluding hydrogens is 424 g/mol. The zero-order chi connectivity index (χ0) is 21.7. The van der Waals surface area contributed by atoms with Gasteiger partial charge in [-0.1, -0.05) is 17.7 Å². The molecule has 0 aliphatic carbocycles. The molecule has 6 nitrogen and oxygen atoms in total. The number of thioether (sulfide) groups is 1. The molecule has 2 aromatic carbocycles. The zero-order valence-electron chi connectivity index (χ0n) is 17.0. The van der Waals surface area contributed by atoms with Gasteiger partial charge in [-0.2, -0.15) is 4.99 Å². The number of nitrogens with two attached hydrogens (primary N) is 1. The summed E-state index contributed by atoms with van der Waals surface area (Å²) in [6, 6.07) is 9.43. The quantitative estimate of drug-likeness (QED) is 0.465. The molecule has 0 bridgehead atoms. The van der Waals surface area contributed by atoms with Gasteiger partial charge in [0.05, 0.1) is 16.5 Å². The fourth-order valence-electron chi connectivity index (χ4n) is 2.76. The number of hydrogen-bond donors (Lipinski definition) is 1. The Morgan fingerprint density at radius 2 is 1.87 bits per heavy atom. The van der Waals surface area contributed by atoms with Gasteiger partial charge in [0.2, 0.25) is 0 Å². The summed E-state index contributed by atoms with van der Waals surface area (Å²) in [7, 11) is 0. The molecule has 3 rings (SSSR count). The molecule has 30 heavy (non-hydrogen) atoms. The van der Waals surface area contributed by atoms with Crippen molar-refractivity contribution in [1.29, 1.82) is 0 Å². The molecule has 8 heteroatoms. The highest BCUT2D eigenvalue weighted by atomic mass is 35.5. The monoisotopic (exact) mass is 446 g/mol. The van der Waals surface area contributed by atoms with E-state index in [0.29, 0.717) is 46.8 Å². The number of carbonyl (C=O) groups is 1. The van der Waals surface area contributed by atoms with E-state index < -0.39 is 0 Å². The summed E-state index contributed by atoms with van der Waals surface area (Å²) in [5.41, 5.74) is 8.68. The van der Waals surface area contributed by atoms with E-state index in [2.05, 4.69) is 11.9 Å². The molecule has 0 aromatic heterocycles. The Hall–Kier alpha value is -2.64. The van der Waals surface area contributed by atoms with Gasteiger partial charge < -0.3 is 19.9 Å². The Kier molecular flexibility index (Phi) is 7.29. The van der Waals surface area contributed by atoms with Crippen LogP contribution in [0.1, 0.15) is 23.6 Å². The molecule has 0 unspecified atom stereocenters. The smallest absolute Gasteiger partial charge is 0.286 e. The minimum Gasteiger partial charge on any atom is -0.490 e. The van der Waals surface area contributed by atoms with Gasteiger partial charge in [-0.3, -0.25) is 4.79 Å². The SMILES string of the molecule is CCOc1cc(/C=C2/SC(N)=NC2=O)cc(Cl)c1OCCOc1ccc(C)c(C)c1. The Labute approximate surface area is 185 Å². The first-order chi connectivity index (χ1) is 14.4. The van der Waals surface area contributed by atoms with Crippen molar-refractivity contribution in [2.45, 2.75) is 20.8 Å². The van der Waals surface area contributed by atoms with Gasteiger partial charge in [0, 0.05) is 0 Å². The average Bonchev–Trinajstić information content (AvgIpc) is 3.00. The van der Waals surface area contributed by atoms with E-state index in [1.54, 1.807) is 18.2 Å². The highest BCUT2D eigenvalue weighted by Crippen LogP contribution is 2.38. The van der Waals surface area contributed by atoms with E-state index in [-0.39, 0.29) is 11.1 Å². The van der Waals surface area contributed by atoms with Crippen molar-refractivity contribution in [1.82, 2.24) is 0 Å². The second-order valence-electron chi connectivity index (χ2n) is 6.57. The van der Waals surface area contributed by atoms with Crippen molar-refractivity contribution >= 4 is 40.5 Å². The molecule has 0 saturated carbocycles. The highest BCUT2D eigenvalue weighted by Gasteiger charge is 2.20. The van der Waals surface area contributed by atoms with E-state index in [1.165, 1.54) is 11.1 Å². The largest absolute Gasteiger partial charge is 0.490 e. The van der Waals surface area contributed by atoms with Crippen LogP contribution in [0.2, 0.25) is 5.02 Å². The average molecular weight is 447 g/mol. The fourth-order valence-corrected chi connectivity index (χ4v) is 3.71. The number of amides is 1. The number of halogens is 1. The van der Waals surface area contributed by atoms with Crippen molar-refractivity contribution in [2.75, 3.05) is 19.8 Å². The molecule has 1 aliphatic rings. The van der Waals surface area contributed by atoms with Gasteiger partial charge in [-0.25, -0.2) is 0 Å². The number of aryl methyl sites for hydroxylation is 2. The fraction of sp³-hybridized carbons (Fsp3) is 0.273. The number of rotatable bonds is 8. The minimum absolute atomic E-state index is 0.228. The maximum absolute atomic E-state index is 11.8. The third-order valence-electron chi connectivity index (χ3n) is 4.34. The summed E-state index contributed by atoms with van der Waals surface area (Å²) in [6.07, 6.45) is 1.68. The Balaban J connectivity index is 1.68. The summed E-state index contributed by atoms with van der Waals surface area (Å²) in [4.78, 5) is 16.0. The van der Waals surface area contributed by atoms with Crippen molar-refractivity contribution in [2.24, 2.45) is 10.7 Å². The van der Waals surface area contributed by atoms with Crippen LogP contribution in [-0.4, -0.2) is 30.9 Å². The lowest BCUT2D eigenvalue weighted by atomic mass is 10.1. The second-order valence-corrected chi connectivity index (χ2v) is 8.04. The Bertz CT molecular complexity index is 1020. The van der Waals surface area contributed by atoms with Crippen LogP contribution in [-0.2, 0) is 4.79 Å². The third-order valence-corrected chi connectivity index (χ3v) is 5.44. The number of hydrogen-bond acceptors (Lipinski definition) is 6. The summed E-state index contributed by atoms with van der Waals surface area (Å²) in [6.45, 7) is 7.07. The van der Waals surface area contributed by atoms with Gasteiger partial charge in [-0.15, -0.1) is 0 Å². The van der Waals surface area contributed by atoms with Crippen LogP contribution < -0.4 is 19.9 Å². The van der Waals surface area contributed by atoms with Gasteiger partial charge >= 0.3 is 0 Å². The van der Waals surface area contributed by atoms with E-state index in [0.717, 1.165) is 17.5 Å². The van der Waals surface area contributed by atoms with Crippen LogP contribution in [0.5, 0.6) is 17.2 Å². The second kappa shape index (κ2) is 9.91. The van der Waals surface area contributed by atoms with Crippen molar-refractivity contribution in [3.8, 4) is 17.2 Å². The number of benzene rings is 2. The lowest BCUT2D eigenvalue weighted by Gasteiger charge is -2.15. The first-order valence-electron chi connectivity index (χ1n) is 9.44. The van der Waals surface area contributed by atoms with Crippen LogP contribution in [0, 0.1) is 13.8 Å². The van der Waals surface area contributed by atoms with Gasteiger partial charge in [0.25, 0.3) is 5.91 Å². The van der Waals surface area contributed by atoms with E-state index >= 15 is 0 Å². The number of amidine groups is 1. The standard InChI is InChI=1S/C22H23ClN2O4S/c1-4-27-18-11-15(12-19-21(26)25-22(24)30-19)10-17(23)20(18)29-8-7-28-16-6-5-13(2)14(3)9-16/h5-6,9-12H,4,7-8H2,1-3H3,(H2,24,25,26)/b19-12+. The molecule has 0 atom stereocenters. The third kappa shape index (κ3) is 5.49. The van der Waals surface area contributed by atoms with E-state index in [4.69, 9.17) is 31.5 Å². The summed E-state index contributed by atoms with van der Waals surface area (Å²) >= 11 is 7.56. The van der Waals surface area contributed by atoms with Gasteiger partial charge in [0.15, 0.2) is 16.7 Å². The van der Waals surface area contributed by atoms with Crippen LogP contribution >= 0.6 is 23.4 Å². The Morgan fingerprint density at radius 3 is 2.53 bits per heavy atom. The van der Waals surface area contributed by atoms with Crippen molar-refractivity contribution in [3.63, 3.8) is 0 Å². The molecule has 0 radical (unpaired) electrons.